The Kier molecular flexibility index (Phi) is 7.70. The summed E-state index contributed by atoms with van der Waals surface area (Å²) in [6.45, 7) is 8.71. The molecule has 0 aliphatic carbocycles. The molecule has 0 unspecified atom stereocenters. The fourth-order valence-corrected chi connectivity index (χ4v) is 5.24. The van der Waals surface area contributed by atoms with Crippen molar-refractivity contribution in [1.29, 1.82) is 0 Å². The van der Waals surface area contributed by atoms with E-state index >= 15 is 0 Å². The molecule has 0 amide bonds. The van der Waals surface area contributed by atoms with Gasteiger partial charge in [0.25, 0.3) is 0 Å². The highest BCUT2D eigenvalue weighted by Gasteiger charge is 2.21. The fraction of sp³-hybridized carbons (Fsp3) is 0.143. The third kappa shape index (κ3) is 5.83. The summed E-state index contributed by atoms with van der Waals surface area (Å²) in [5.74, 6) is 0. The molecular weight excluding hydrogens is 519 g/mol. The lowest BCUT2D eigenvalue weighted by Gasteiger charge is -2.30. The standard InChI is InChI=1S/C35H32Cl2N2/c1-25-22-32(36)34(37)33(23-25)39(29-20-18-26(19-21-29)35(2,3)4)31-17-11-16-30(24-31)38(27-12-7-5-8-13-27)28-14-9-6-10-15-28/h5-24H,1-4H3. The molecule has 0 saturated carbocycles. The maximum absolute atomic E-state index is 6.87. The molecule has 2 nitrogen and oxygen atoms in total. The van der Waals surface area contributed by atoms with E-state index in [2.05, 4.69) is 134 Å². The zero-order valence-corrected chi connectivity index (χ0v) is 24.2. The van der Waals surface area contributed by atoms with Crippen molar-refractivity contribution in [3.8, 4) is 0 Å². The number of nitrogens with zero attached hydrogens (tertiary/aromatic N) is 2. The molecule has 0 atom stereocenters. The van der Waals surface area contributed by atoms with E-state index in [4.69, 9.17) is 23.2 Å². The second-order valence-electron chi connectivity index (χ2n) is 10.7. The number of hydrogen-bond donors (Lipinski definition) is 0. The lowest BCUT2D eigenvalue weighted by molar-refractivity contribution is 0.590. The van der Waals surface area contributed by atoms with Gasteiger partial charge in [0, 0.05) is 28.4 Å². The van der Waals surface area contributed by atoms with Crippen LogP contribution in [0.2, 0.25) is 10.0 Å². The van der Waals surface area contributed by atoms with E-state index in [0.29, 0.717) is 10.0 Å². The zero-order chi connectivity index (χ0) is 27.6. The first kappa shape index (κ1) is 26.9. The van der Waals surface area contributed by atoms with Gasteiger partial charge >= 0.3 is 0 Å². The van der Waals surface area contributed by atoms with Crippen LogP contribution in [0.25, 0.3) is 0 Å². The summed E-state index contributed by atoms with van der Waals surface area (Å²) in [5.41, 5.74) is 8.40. The van der Waals surface area contributed by atoms with Crippen LogP contribution in [0.5, 0.6) is 0 Å². The van der Waals surface area contributed by atoms with Gasteiger partial charge in [0.1, 0.15) is 0 Å². The van der Waals surface area contributed by atoms with Gasteiger partial charge in [-0.3, -0.25) is 0 Å². The molecule has 0 fully saturated rings. The quantitative estimate of drug-likeness (QED) is 0.207. The number of anilines is 6. The van der Waals surface area contributed by atoms with Crippen LogP contribution in [0.4, 0.5) is 34.1 Å². The van der Waals surface area contributed by atoms with Gasteiger partial charge in [-0.05, 0) is 90.2 Å². The maximum atomic E-state index is 6.87. The second kappa shape index (κ2) is 11.2. The SMILES string of the molecule is Cc1cc(Cl)c(Cl)c(N(c2ccc(C(C)(C)C)cc2)c2cccc(N(c3ccccc3)c3ccccc3)c2)c1. The van der Waals surface area contributed by atoms with Crippen molar-refractivity contribution in [3.63, 3.8) is 0 Å². The minimum Gasteiger partial charge on any atom is -0.310 e. The van der Waals surface area contributed by atoms with Crippen LogP contribution in [0.15, 0.2) is 121 Å². The van der Waals surface area contributed by atoms with Crippen molar-refractivity contribution in [3.05, 3.63) is 142 Å². The largest absolute Gasteiger partial charge is 0.310 e. The molecule has 5 rings (SSSR count). The van der Waals surface area contributed by atoms with Crippen LogP contribution in [-0.4, -0.2) is 0 Å². The third-order valence-corrected chi connectivity index (χ3v) is 7.55. The van der Waals surface area contributed by atoms with Gasteiger partial charge in [0.15, 0.2) is 0 Å². The third-order valence-electron chi connectivity index (χ3n) is 6.76. The molecule has 5 aromatic rings. The Morgan fingerprint density at radius 2 is 1.00 bits per heavy atom. The van der Waals surface area contributed by atoms with Gasteiger partial charge in [0.05, 0.1) is 15.7 Å². The summed E-state index contributed by atoms with van der Waals surface area (Å²) in [5, 5.41) is 1.06. The Morgan fingerprint density at radius 1 is 0.513 bits per heavy atom. The molecule has 0 aromatic heterocycles. The molecule has 5 aromatic carbocycles. The molecule has 0 aliphatic heterocycles. The van der Waals surface area contributed by atoms with Crippen molar-refractivity contribution in [2.45, 2.75) is 33.1 Å². The van der Waals surface area contributed by atoms with Crippen LogP contribution in [0, 0.1) is 6.92 Å². The maximum Gasteiger partial charge on any atom is 0.0832 e. The highest BCUT2D eigenvalue weighted by atomic mass is 35.5. The number of aryl methyl sites for hydroxylation is 1. The highest BCUT2D eigenvalue weighted by molar-refractivity contribution is 6.44. The minimum absolute atomic E-state index is 0.0550. The summed E-state index contributed by atoms with van der Waals surface area (Å²) in [7, 11) is 0. The predicted octanol–water partition coefficient (Wildman–Crippen LogP) is 11.5. The van der Waals surface area contributed by atoms with E-state index in [-0.39, 0.29) is 5.41 Å². The number of benzene rings is 5. The van der Waals surface area contributed by atoms with Crippen molar-refractivity contribution >= 4 is 57.3 Å². The van der Waals surface area contributed by atoms with Gasteiger partial charge < -0.3 is 9.80 Å². The summed E-state index contributed by atoms with van der Waals surface area (Å²) in [6.07, 6.45) is 0. The van der Waals surface area contributed by atoms with Gasteiger partial charge in [-0.1, -0.05) is 98.6 Å². The molecular formula is C35H32Cl2N2. The Hall–Kier alpha value is -3.72. The van der Waals surface area contributed by atoms with Gasteiger partial charge in [0.2, 0.25) is 0 Å². The number of hydrogen-bond acceptors (Lipinski definition) is 2. The highest BCUT2D eigenvalue weighted by Crippen LogP contribution is 2.44. The predicted molar refractivity (Wildman–Crippen MR) is 169 cm³/mol. The summed E-state index contributed by atoms with van der Waals surface area (Å²) in [6, 6.07) is 42.0. The van der Waals surface area contributed by atoms with Crippen LogP contribution in [-0.2, 0) is 5.41 Å². The molecule has 0 aliphatic rings. The van der Waals surface area contributed by atoms with Crippen molar-refractivity contribution in [2.24, 2.45) is 0 Å². The molecule has 0 bridgehead atoms. The van der Waals surface area contributed by atoms with Gasteiger partial charge in [-0.15, -0.1) is 0 Å². The first-order chi connectivity index (χ1) is 18.7. The summed E-state index contributed by atoms with van der Waals surface area (Å²) >= 11 is 13.5. The minimum atomic E-state index is 0.0550. The molecule has 0 N–H and O–H groups in total. The Labute approximate surface area is 242 Å². The molecule has 196 valence electrons. The Bertz CT molecular complexity index is 1520. The fourth-order valence-electron chi connectivity index (χ4n) is 4.78. The smallest absolute Gasteiger partial charge is 0.0832 e. The summed E-state index contributed by atoms with van der Waals surface area (Å²) in [4.78, 5) is 4.44. The summed E-state index contributed by atoms with van der Waals surface area (Å²) < 4.78 is 0. The average molecular weight is 552 g/mol. The van der Waals surface area contributed by atoms with Crippen LogP contribution in [0.1, 0.15) is 31.9 Å². The van der Waals surface area contributed by atoms with Crippen molar-refractivity contribution in [2.75, 3.05) is 9.80 Å². The molecule has 39 heavy (non-hydrogen) atoms. The number of halogens is 2. The van der Waals surface area contributed by atoms with E-state index in [1.807, 2.05) is 25.1 Å². The monoisotopic (exact) mass is 550 g/mol. The Balaban J connectivity index is 1.69. The first-order valence-electron chi connectivity index (χ1n) is 13.1. The molecule has 0 heterocycles. The number of para-hydroxylation sites is 2. The lowest BCUT2D eigenvalue weighted by atomic mass is 9.87. The van der Waals surface area contributed by atoms with E-state index in [1.54, 1.807) is 0 Å². The zero-order valence-electron chi connectivity index (χ0n) is 22.7. The van der Waals surface area contributed by atoms with E-state index < -0.39 is 0 Å². The van der Waals surface area contributed by atoms with Crippen LogP contribution >= 0.6 is 23.2 Å². The normalized spacial score (nSPS) is 11.3. The Morgan fingerprint density at radius 3 is 1.54 bits per heavy atom. The first-order valence-corrected chi connectivity index (χ1v) is 13.8. The van der Waals surface area contributed by atoms with Crippen molar-refractivity contribution in [1.82, 2.24) is 0 Å². The van der Waals surface area contributed by atoms with Crippen molar-refractivity contribution < 1.29 is 0 Å². The average Bonchev–Trinajstić information content (AvgIpc) is 2.93. The topological polar surface area (TPSA) is 6.48 Å². The number of rotatable bonds is 6. The van der Waals surface area contributed by atoms with E-state index in [1.165, 1.54) is 5.56 Å². The van der Waals surface area contributed by atoms with E-state index in [9.17, 15) is 0 Å². The molecule has 0 saturated heterocycles. The second-order valence-corrected chi connectivity index (χ2v) is 11.5. The van der Waals surface area contributed by atoms with E-state index in [0.717, 1.165) is 39.7 Å². The molecule has 0 radical (unpaired) electrons. The van der Waals surface area contributed by atoms with Crippen LogP contribution < -0.4 is 9.80 Å². The lowest BCUT2D eigenvalue weighted by Crippen LogP contribution is -2.15. The van der Waals surface area contributed by atoms with Gasteiger partial charge in [-0.25, -0.2) is 0 Å². The molecule has 0 spiro atoms. The molecule has 4 heteroatoms. The van der Waals surface area contributed by atoms with Gasteiger partial charge in [-0.2, -0.15) is 0 Å². The van der Waals surface area contributed by atoms with Crippen LogP contribution in [0.3, 0.4) is 0 Å².